The zero-order valence-electron chi connectivity index (χ0n) is 14.9. The van der Waals surface area contributed by atoms with E-state index in [0.29, 0.717) is 0 Å². The van der Waals surface area contributed by atoms with Crippen LogP contribution < -0.4 is 10.6 Å². The fourth-order valence-corrected chi connectivity index (χ4v) is 4.52. The minimum Gasteiger partial charge on any atom is -0.350 e. The first-order valence-corrected chi connectivity index (χ1v) is 11.2. The lowest BCUT2D eigenvalue weighted by molar-refractivity contribution is -0.124. The fourth-order valence-electron chi connectivity index (χ4n) is 2.78. The van der Waals surface area contributed by atoms with Gasteiger partial charge in [-0.15, -0.1) is 11.8 Å². The molecule has 8 heteroatoms. The molecule has 1 aliphatic rings. The molecule has 6 nitrogen and oxygen atoms in total. The standard InChI is InChI=1S/C19H20N2O4S2/c1-12(13-7-9-14(10-8-13)27(2,24)25)20-18(22)11-17-19(23)21-15-5-3-4-6-16(15)26-17/h3-10,12,17H,11H2,1-2H3,(H,20,22)(H,21,23). The minimum atomic E-state index is -3.25. The molecule has 27 heavy (non-hydrogen) atoms. The summed E-state index contributed by atoms with van der Waals surface area (Å²) in [6.07, 6.45) is 1.22. The molecule has 142 valence electrons. The number of thioether (sulfide) groups is 1. The zero-order chi connectivity index (χ0) is 19.6. The maximum atomic E-state index is 12.4. The van der Waals surface area contributed by atoms with Crippen molar-refractivity contribution in [2.45, 2.75) is 34.4 Å². The molecule has 2 N–H and O–H groups in total. The van der Waals surface area contributed by atoms with Crippen LogP contribution in [0.3, 0.4) is 0 Å². The highest BCUT2D eigenvalue weighted by atomic mass is 32.2. The Kier molecular flexibility index (Phi) is 5.57. The van der Waals surface area contributed by atoms with Crippen molar-refractivity contribution in [2.24, 2.45) is 0 Å². The van der Waals surface area contributed by atoms with Gasteiger partial charge in [0, 0.05) is 17.6 Å². The van der Waals surface area contributed by atoms with E-state index in [1.165, 1.54) is 23.9 Å². The maximum Gasteiger partial charge on any atom is 0.238 e. The van der Waals surface area contributed by atoms with Crippen LogP contribution in [0.5, 0.6) is 0 Å². The monoisotopic (exact) mass is 404 g/mol. The van der Waals surface area contributed by atoms with Gasteiger partial charge in [0.15, 0.2) is 9.84 Å². The lowest BCUT2D eigenvalue weighted by Crippen LogP contribution is -2.35. The number of rotatable bonds is 5. The van der Waals surface area contributed by atoms with Crippen LogP contribution in [0.4, 0.5) is 5.69 Å². The van der Waals surface area contributed by atoms with Crippen molar-refractivity contribution in [2.75, 3.05) is 11.6 Å². The minimum absolute atomic E-state index is 0.0661. The second-order valence-corrected chi connectivity index (χ2v) is 9.69. The molecule has 0 spiro atoms. The number of anilines is 1. The number of carbonyl (C=O) groups is 2. The van der Waals surface area contributed by atoms with Gasteiger partial charge in [0.25, 0.3) is 0 Å². The van der Waals surface area contributed by atoms with E-state index in [2.05, 4.69) is 10.6 Å². The molecule has 0 fully saturated rings. The Morgan fingerprint density at radius 2 is 1.85 bits per heavy atom. The van der Waals surface area contributed by atoms with Crippen molar-refractivity contribution in [3.63, 3.8) is 0 Å². The van der Waals surface area contributed by atoms with Crippen molar-refractivity contribution in [3.05, 3.63) is 54.1 Å². The number of carbonyl (C=O) groups excluding carboxylic acids is 2. The Morgan fingerprint density at radius 1 is 1.19 bits per heavy atom. The average molecular weight is 405 g/mol. The number of para-hydroxylation sites is 1. The molecule has 0 saturated heterocycles. The van der Waals surface area contributed by atoms with Gasteiger partial charge in [0.05, 0.1) is 21.9 Å². The Balaban J connectivity index is 1.61. The molecule has 0 aromatic heterocycles. The highest BCUT2D eigenvalue weighted by Crippen LogP contribution is 2.36. The third kappa shape index (κ3) is 4.70. The Labute approximate surface area is 162 Å². The van der Waals surface area contributed by atoms with Crippen molar-refractivity contribution in [1.82, 2.24) is 5.32 Å². The van der Waals surface area contributed by atoms with Crippen LogP contribution >= 0.6 is 11.8 Å². The summed E-state index contributed by atoms with van der Waals surface area (Å²) in [5.41, 5.74) is 1.56. The van der Waals surface area contributed by atoms with Crippen LogP contribution in [0, 0.1) is 0 Å². The highest BCUT2D eigenvalue weighted by Gasteiger charge is 2.29. The summed E-state index contributed by atoms with van der Waals surface area (Å²) in [5.74, 6) is -0.416. The lowest BCUT2D eigenvalue weighted by Gasteiger charge is -2.24. The lowest BCUT2D eigenvalue weighted by atomic mass is 10.1. The molecule has 2 atom stereocenters. The predicted molar refractivity (Wildman–Crippen MR) is 105 cm³/mol. The van der Waals surface area contributed by atoms with Crippen LogP contribution in [0.15, 0.2) is 58.3 Å². The normalized spacial score (nSPS) is 17.6. The molecule has 0 radical (unpaired) electrons. The highest BCUT2D eigenvalue weighted by molar-refractivity contribution is 8.01. The van der Waals surface area contributed by atoms with Gasteiger partial charge in [0.2, 0.25) is 11.8 Å². The molecule has 2 unspecified atom stereocenters. The Morgan fingerprint density at radius 3 is 2.52 bits per heavy atom. The third-order valence-corrected chi connectivity index (χ3v) is 6.67. The first-order chi connectivity index (χ1) is 12.7. The molecule has 2 amide bonds. The molecule has 0 saturated carbocycles. The Bertz CT molecular complexity index is 971. The van der Waals surface area contributed by atoms with E-state index >= 15 is 0 Å². The van der Waals surface area contributed by atoms with Crippen LogP contribution in [0.1, 0.15) is 24.9 Å². The first kappa shape index (κ1) is 19.4. The first-order valence-electron chi connectivity index (χ1n) is 8.40. The zero-order valence-corrected chi connectivity index (χ0v) is 16.6. The molecule has 2 aromatic rings. The van der Waals surface area contributed by atoms with Crippen molar-refractivity contribution in [1.29, 1.82) is 0 Å². The molecule has 0 aliphatic carbocycles. The number of amides is 2. The van der Waals surface area contributed by atoms with Gasteiger partial charge in [-0.25, -0.2) is 8.42 Å². The van der Waals surface area contributed by atoms with E-state index in [1.54, 1.807) is 12.1 Å². The van der Waals surface area contributed by atoms with Crippen molar-refractivity contribution >= 4 is 39.1 Å². The smallest absolute Gasteiger partial charge is 0.238 e. The van der Waals surface area contributed by atoms with Gasteiger partial charge >= 0.3 is 0 Å². The number of benzene rings is 2. The fraction of sp³-hybridized carbons (Fsp3) is 0.263. The summed E-state index contributed by atoms with van der Waals surface area (Å²) in [5, 5.41) is 5.20. The average Bonchev–Trinajstić information content (AvgIpc) is 2.61. The second-order valence-electron chi connectivity index (χ2n) is 6.43. The second kappa shape index (κ2) is 7.74. The number of fused-ring (bicyclic) bond motifs is 1. The van der Waals surface area contributed by atoms with Gasteiger partial charge in [-0.05, 0) is 36.8 Å². The quantitative estimate of drug-likeness (QED) is 0.799. The van der Waals surface area contributed by atoms with E-state index in [4.69, 9.17) is 0 Å². The van der Waals surface area contributed by atoms with E-state index in [0.717, 1.165) is 22.4 Å². The van der Waals surface area contributed by atoms with Gasteiger partial charge in [0.1, 0.15) is 0 Å². The molecule has 2 aromatic carbocycles. The van der Waals surface area contributed by atoms with Crippen molar-refractivity contribution in [3.8, 4) is 0 Å². The summed E-state index contributed by atoms with van der Waals surface area (Å²) in [6, 6.07) is 13.6. The van der Waals surface area contributed by atoms with Gasteiger partial charge in [-0.2, -0.15) is 0 Å². The summed E-state index contributed by atoms with van der Waals surface area (Å²) in [4.78, 5) is 25.8. The van der Waals surface area contributed by atoms with Gasteiger partial charge in [-0.3, -0.25) is 9.59 Å². The van der Waals surface area contributed by atoms with Crippen molar-refractivity contribution < 1.29 is 18.0 Å². The van der Waals surface area contributed by atoms with E-state index in [1.807, 2.05) is 31.2 Å². The van der Waals surface area contributed by atoms with E-state index < -0.39 is 15.1 Å². The summed E-state index contributed by atoms with van der Waals surface area (Å²) >= 11 is 1.38. The number of nitrogens with one attached hydrogen (secondary N) is 2. The maximum absolute atomic E-state index is 12.4. The SMILES string of the molecule is CC(NC(=O)CC1Sc2ccccc2NC1=O)c1ccc(S(C)(=O)=O)cc1. The van der Waals surface area contributed by atoms with Crippen LogP contribution in [0.25, 0.3) is 0 Å². The van der Waals surface area contributed by atoms with E-state index in [9.17, 15) is 18.0 Å². The Hall–Kier alpha value is -2.32. The number of hydrogen-bond donors (Lipinski definition) is 2. The van der Waals surface area contributed by atoms with E-state index in [-0.39, 0.29) is 29.2 Å². The topological polar surface area (TPSA) is 92.3 Å². The number of hydrogen-bond acceptors (Lipinski definition) is 5. The molecule has 0 bridgehead atoms. The molecule has 1 aliphatic heterocycles. The molecule has 1 heterocycles. The summed E-state index contributed by atoms with van der Waals surface area (Å²) in [7, 11) is -3.25. The van der Waals surface area contributed by atoms with Gasteiger partial charge in [-0.1, -0.05) is 24.3 Å². The van der Waals surface area contributed by atoms with Crippen LogP contribution in [-0.2, 0) is 19.4 Å². The van der Waals surface area contributed by atoms with Gasteiger partial charge < -0.3 is 10.6 Å². The van der Waals surface area contributed by atoms with Crippen LogP contribution in [-0.4, -0.2) is 31.7 Å². The molecule has 3 rings (SSSR count). The molecular formula is C19H20N2O4S2. The third-order valence-electron chi connectivity index (χ3n) is 4.26. The molecular weight excluding hydrogens is 384 g/mol. The predicted octanol–water partition coefficient (Wildman–Crippen LogP) is 2.77. The summed E-state index contributed by atoms with van der Waals surface area (Å²) < 4.78 is 23.0. The summed E-state index contributed by atoms with van der Waals surface area (Å²) in [6.45, 7) is 1.82. The number of sulfone groups is 1. The van der Waals surface area contributed by atoms with Crippen LogP contribution in [0.2, 0.25) is 0 Å². The largest absolute Gasteiger partial charge is 0.350 e.